The first-order valence-electron chi connectivity index (χ1n) is 3.00. The molecule has 0 atom stereocenters. The van der Waals surface area contributed by atoms with Gasteiger partial charge in [0.15, 0.2) is 10.9 Å². The lowest BCUT2D eigenvalue weighted by atomic mass is 10.4. The highest BCUT2D eigenvalue weighted by Gasteiger charge is 2.07. The Bertz CT molecular complexity index is 293. The van der Waals surface area contributed by atoms with E-state index in [4.69, 9.17) is 0 Å². The predicted octanol–water partition coefficient (Wildman–Crippen LogP) is 1.20. The average Bonchev–Trinajstić information content (AvgIpc) is 2.17. The van der Waals surface area contributed by atoms with Crippen LogP contribution in [0.3, 0.4) is 0 Å². The highest BCUT2D eigenvalue weighted by Crippen LogP contribution is 2.15. The molecule has 0 saturated heterocycles. The summed E-state index contributed by atoms with van der Waals surface area (Å²) in [6, 6.07) is 1.49. The summed E-state index contributed by atoms with van der Waals surface area (Å²) in [4.78, 5) is 18.6. The summed E-state index contributed by atoms with van der Waals surface area (Å²) in [5.41, 5.74) is 0.240. The van der Waals surface area contributed by atoms with Gasteiger partial charge in [0.25, 0.3) is 0 Å². The number of nitrogens with zero attached hydrogens (tertiary/aromatic N) is 2. The Hall–Kier alpha value is -0.750. The van der Waals surface area contributed by atoms with Gasteiger partial charge >= 0.3 is 5.97 Å². The maximum absolute atomic E-state index is 10.9. The van der Waals surface area contributed by atoms with Gasteiger partial charge < -0.3 is 4.74 Å². The van der Waals surface area contributed by atoms with E-state index in [2.05, 4.69) is 26.4 Å². The molecule has 1 heterocycles. The molecule has 0 fully saturated rings. The van der Waals surface area contributed by atoms with Crippen LogP contribution in [-0.2, 0) is 4.74 Å². The van der Waals surface area contributed by atoms with Gasteiger partial charge in [-0.2, -0.15) is 0 Å². The molecule has 0 aliphatic rings. The zero-order valence-corrected chi connectivity index (χ0v) is 7.93. The van der Waals surface area contributed by atoms with Crippen molar-refractivity contribution in [3.8, 4) is 0 Å². The summed E-state index contributed by atoms with van der Waals surface area (Å²) in [5, 5.41) is 0.432. The van der Waals surface area contributed by atoms with Crippen molar-refractivity contribution >= 4 is 28.4 Å². The highest BCUT2D eigenvalue weighted by molar-refractivity contribution is 8.68. The molecule has 0 radical (unpaired) electrons. The Balaban J connectivity index is 2.93. The molecule has 6 heteroatoms. The van der Waals surface area contributed by atoms with Crippen LogP contribution in [0.5, 0.6) is 0 Å². The fourth-order valence-corrected chi connectivity index (χ4v) is 1.11. The number of hydrogen-bond donors (Lipinski definition) is 1. The topological polar surface area (TPSA) is 52.1 Å². The highest BCUT2D eigenvalue weighted by atomic mass is 33.1. The SMILES string of the molecule is COC(=O)c1ccnc(SS)n1. The van der Waals surface area contributed by atoms with E-state index in [0.717, 1.165) is 10.8 Å². The van der Waals surface area contributed by atoms with Crippen molar-refractivity contribution in [1.82, 2.24) is 9.97 Å². The molecule has 0 saturated carbocycles. The van der Waals surface area contributed by atoms with E-state index in [1.807, 2.05) is 0 Å². The summed E-state index contributed by atoms with van der Waals surface area (Å²) in [7, 11) is 2.38. The third-order valence-electron chi connectivity index (χ3n) is 1.11. The van der Waals surface area contributed by atoms with E-state index in [1.54, 1.807) is 0 Å². The molecule has 0 aromatic carbocycles. The van der Waals surface area contributed by atoms with E-state index in [1.165, 1.54) is 19.4 Å². The van der Waals surface area contributed by atoms with Crippen LogP contribution in [0.1, 0.15) is 10.5 Å². The van der Waals surface area contributed by atoms with Crippen LogP contribution in [0.25, 0.3) is 0 Å². The average molecular weight is 202 g/mol. The number of rotatable bonds is 2. The Morgan fingerprint density at radius 3 is 3.08 bits per heavy atom. The number of ether oxygens (including phenoxy) is 1. The van der Waals surface area contributed by atoms with Gasteiger partial charge in [-0.1, -0.05) is 0 Å². The Kier molecular flexibility index (Phi) is 3.36. The molecule has 1 aromatic rings. The molecule has 0 aliphatic heterocycles. The molecule has 1 aromatic heterocycles. The second-order valence-electron chi connectivity index (χ2n) is 1.81. The van der Waals surface area contributed by atoms with Crippen molar-refractivity contribution in [3.63, 3.8) is 0 Å². The Labute approximate surface area is 78.6 Å². The van der Waals surface area contributed by atoms with Crippen LogP contribution in [0, 0.1) is 0 Å². The van der Waals surface area contributed by atoms with Crippen molar-refractivity contribution in [1.29, 1.82) is 0 Å². The van der Waals surface area contributed by atoms with E-state index >= 15 is 0 Å². The summed E-state index contributed by atoms with van der Waals surface area (Å²) in [5.74, 6) is -0.471. The fraction of sp³-hybridized carbons (Fsp3) is 0.167. The number of thiol groups is 1. The second kappa shape index (κ2) is 4.32. The minimum atomic E-state index is -0.471. The predicted molar refractivity (Wildman–Crippen MR) is 48.2 cm³/mol. The van der Waals surface area contributed by atoms with Crippen LogP contribution in [-0.4, -0.2) is 23.0 Å². The molecule has 0 N–H and O–H groups in total. The number of esters is 1. The van der Waals surface area contributed by atoms with Crippen LogP contribution < -0.4 is 0 Å². The van der Waals surface area contributed by atoms with Gasteiger partial charge in [-0.05, 0) is 16.9 Å². The number of carbonyl (C=O) groups is 1. The smallest absolute Gasteiger partial charge is 0.356 e. The fourth-order valence-electron chi connectivity index (χ4n) is 0.603. The lowest BCUT2D eigenvalue weighted by Gasteiger charge is -1.97. The first kappa shape index (κ1) is 9.34. The van der Waals surface area contributed by atoms with Crippen LogP contribution >= 0.6 is 22.5 Å². The van der Waals surface area contributed by atoms with Crippen LogP contribution in [0.15, 0.2) is 17.4 Å². The zero-order chi connectivity index (χ0) is 8.97. The number of hydrogen-bond acceptors (Lipinski definition) is 6. The van der Waals surface area contributed by atoms with Gasteiger partial charge in [0.1, 0.15) is 0 Å². The lowest BCUT2D eigenvalue weighted by molar-refractivity contribution is 0.0593. The molecule has 1 rings (SSSR count). The standard InChI is InChI=1S/C6H6N2O2S2/c1-10-5(9)4-2-3-7-6(8-4)12-11/h2-3,11H,1H3. The quantitative estimate of drug-likeness (QED) is 0.338. The minimum absolute atomic E-state index is 0.240. The van der Waals surface area contributed by atoms with Gasteiger partial charge in [0, 0.05) is 6.20 Å². The summed E-state index contributed by atoms with van der Waals surface area (Å²) < 4.78 is 4.47. The molecule has 0 amide bonds. The third kappa shape index (κ3) is 2.12. The Morgan fingerprint density at radius 2 is 2.50 bits per heavy atom. The van der Waals surface area contributed by atoms with E-state index in [0.29, 0.717) is 5.16 Å². The van der Waals surface area contributed by atoms with E-state index in [9.17, 15) is 4.79 Å². The number of methoxy groups -OCH3 is 1. The maximum atomic E-state index is 10.9. The maximum Gasteiger partial charge on any atom is 0.356 e. The molecule has 12 heavy (non-hydrogen) atoms. The molecular weight excluding hydrogens is 196 g/mol. The summed E-state index contributed by atoms with van der Waals surface area (Å²) in [6.45, 7) is 0. The zero-order valence-electron chi connectivity index (χ0n) is 6.22. The largest absolute Gasteiger partial charge is 0.464 e. The van der Waals surface area contributed by atoms with Gasteiger partial charge in [-0.15, -0.1) is 11.7 Å². The van der Waals surface area contributed by atoms with Crippen molar-refractivity contribution in [2.24, 2.45) is 0 Å². The van der Waals surface area contributed by atoms with Gasteiger partial charge in [-0.25, -0.2) is 14.8 Å². The first-order chi connectivity index (χ1) is 5.77. The first-order valence-corrected chi connectivity index (χ1v) is 4.87. The van der Waals surface area contributed by atoms with Crippen molar-refractivity contribution < 1.29 is 9.53 Å². The van der Waals surface area contributed by atoms with Crippen LogP contribution in [0.4, 0.5) is 0 Å². The number of aromatic nitrogens is 2. The minimum Gasteiger partial charge on any atom is -0.464 e. The van der Waals surface area contributed by atoms with Crippen LogP contribution in [0.2, 0.25) is 0 Å². The molecule has 0 bridgehead atoms. The molecule has 0 unspecified atom stereocenters. The van der Waals surface area contributed by atoms with Gasteiger partial charge in [-0.3, -0.25) is 0 Å². The normalized spacial score (nSPS) is 9.50. The number of carbonyl (C=O) groups excluding carboxylic acids is 1. The molecule has 4 nitrogen and oxygen atoms in total. The monoisotopic (exact) mass is 202 g/mol. The van der Waals surface area contributed by atoms with Crippen molar-refractivity contribution in [3.05, 3.63) is 18.0 Å². The molecular formula is C6H6N2O2S2. The Morgan fingerprint density at radius 1 is 1.75 bits per heavy atom. The summed E-state index contributed by atoms with van der Waals surface area (Å²) >= 11 is 3.89. The van der Waals surface area contributed by atoms with Gasteiger partial charge in [0.2, 0.25) is 0 Å². The molecule has 0 aliphatic carbocycles. The van der Waals surface area contributed by atoms with Crippen molar-refractivity contribution in [2.75, 3.05) is 7.11 Å². The van der Waals surface area contributed by atoms with Gasteiger partial charge in [0.05, 0.1) is 7.11 Å². The lowest BCUT2D eigenvalue weighted by Crippen LogP contribution is -2.04. The molecule has 64 valence electrons. The second-order valence-corrected chi connectivity index (χ2v) is 2.90. The van der Waals surface area contributed by atoms with Crippen molar-refractivity contribution in [2.45, 2.75) is 5.16 Å². The third-order valence-corrected chi connectivity index (χ3v) is 1.96. The summed E-state index contributed by atoms with van der Waals surface area (Å²) in [6.07, 6.45) is 1.48. The van der Waals surface area contributed by atoms with E-state index in [-0.39, 0.29) is 5.69 Å². The molecule has 0 spiro atoms. The van der Waals surface area contributed by atoms with E-state index < -0.39 is 5.97 Å².